The molecule has 84 valence electrons. The summed E-state index contributed by atoms with van der Waals surface area (Å²) in [6.45, 7) is 2.33. The molecule has 0 saturated heterocycles. The predicted octanol–water partition coefficient (Wildman–Crippen LogP) is 0.672. The Morgan fingerprint density at radius 1 is 1.56 bits per heavy atom. The van der Waals surface area contributed by atoms with Crippen molar-refractivity contribution in [1.82, 2.24) is 19.3 Å². The van der Waals surface area contributed by atoms with Crippen LogP contribution in [0.25, 0.3) is 0 Å². The molecule has 0 aliphatic carbocycles. The van der Waals surface area contributed by atoms with E-state index in [2.05, 4.69) is 10.1 Å². The van der Waals surface area contributed by atoms with Gasteiger partial charge in [0.15, 0.2) is 0 Å². The zero-order valence-electron chi connectivity index (χ0n) is 9.08. The Morgan fingerprint density at radius 3 is 2.88 bits per heavy atom. The van der Waals surface area contributed by atoms with Crippen LogP contribution < -0.4 is 0 Å². The predicted molar refractivity (Wildman–Crippen MR) is 56.2 cm³/mol. The highest BCUT2D eigenvalue weighted by Crippen LogP contribution is 2.10. The number of aryl methyl sites for hydroxylation is 2. The molecule has 2 heterocycles. The average Bonchev–Trinajstić information content (AvgIpc) is 2.76. The molecule has 2 rings (SSSR count). The van der Waals surface area contributed by atoms with Gasteiger partial charge in [0, 0.05) is 19.4 Å². The monoisotopic (exact) mass is 220 g/mol. The van der Waals surface area contributed by atoms with E-state index in [4.69, 9.17) is 5.11 Å². The Labute approximate surface area is 92.2 Å². The summed E-state index contributed by atoms with van der Waals surface area (Å²) in [5.74, 6) is -0.113. The maximum absolute atomic E-state index is 11.0. The first-order valence-corrected chi connectivity index (χ1v) is 4.81. The van der Waals surface area contributed by atoms with Crippen LogP contribution in [0.5, 0.6) is 0 Å². The van der Waals surface area contributed by atoms with E-state index in [1.807, 2.05) is 17.7 Å². The molecule has 0 aliphatic rings. The molecule has 0 amide bonds. The maximum Gasteiger partial charge on any atom is 0.339 e. The lowest BCUT2D eigenvalue weighted by Crippen LogP contribution is -2.10. The van der Waals surface area contributed by atoms with Crippen LogP contribution in [-0.4, -0.2) is 30.4 Å². The summed E-state index contributed by atoms with van der Waals surface area (Å²) in [5.41, 5.74) is 0.893. The molecule has 0 aliphatic heterocycles. The second-order valence-electron chi connectivity index (χ2n) is 3.54. The molecule has 0 fully saturated rings. The first-order chi connectivity index (χ1) is 7.59. The molecule has 6 nitrogen and oxygen atoms in total. The van der Waals surface area contributed by atoms with Crippen LogP contribution in [0.2, 0.25) is 0 Å². The van der Waals surface area contributed by atoms with Crippen LogP contribution in [0.1, 0.15) is 21.9 Å². The van der Waals surface area contributed by atoms with Crippen molar-refractivity contribution in [2.24, 2.45) is 7.05 Å². The number of imidazole rings is 1. The van der Waals surface area contributed by atoms with E-state index in [1.54, 1.807) is 17.9 Å². The Bertz CT molecular complexity index is 527. The third kappa shape index (κ3) is 1.69. The third-order valence-electron chi connectivity index (χ3n) is 2.54. The second kappa shape index (κ2) is 3.80. The number of hydrogen-bond acceptors (Lipinski definition) is 3. The van der Waals surface area contributed by atoms with Gasteiger partial charge in [-0.05, 0) is 6.92 Å². The number of aromatic nitrogens is 4. The number of aromatic carboxylic acids is 1. The lowest BCUT2D eigenvalue weighted by atomic mass is 10.2. The van der Waals surface area contributed by atoms with E-state index < -0.39 is 5.97 Å². The fraction of sp³-hybridized carbons (Fsp3) is 0.300. The van der Waals surface area contributed by atoms with E-state index in [0.29, 0.717) is 12.2 Å². The minimum Gasteiger partial charge on any atom is -0.478 e. The van der Waals surface area contributed by atoms with E-state index in [0.717, 1.165) is 5.82 Å². The minimum absolute atomic E-state index is 0.232. The Morgan fingerprint density at radius 2 is 2.31 bits per heavy atom. The van der Waals surface area contributed by atoms with Gasteiger partial charge in [0.25, 0.3) is 0 Å². The number of nitrogens with zero attached hydrogens (tertiary/aromatic N) is 4. The van der Waals surface area contributed by atoms with E-state index in [1.165, 1.54) is 6.20 Å². The van der Waals surface area contributed by atoms with Crippen LogP contribution in [0.15, 0.2) is 18.6 Å². The molecule has 0 unspecified atom stereocenters. The molecule has 0 radical (unpaired) electrons. The van der Waals surface area contributed by atoms with Gasteiger partial charge < -0.3 is 9.67 Å². The third-order valence-corrected chi connectivity index (χ3v) is 2.54. The van der Waals surface area contributed by atoms with Crippen molar-refractivity contribution in [2.45, 2.75) is 13.5 Å². The molecule has 2 aromatic heterocycles. The minimum atomic E-state index is -0.958. The smallest absolute Gasteiger partial charge is 0.339 e. The number of rotatable bonds is 3. The Kier molecular flexibility index (Phi) is 2.47. The average molecular weight is 220 g/mol. The van der Waals surface area contributed by atoms with Gasteiger partial charge in [-0.25, -0.2) is 9.78 Å². The zero-order chi connectivity index (χ0) is 11.7. The van der Waals surface area contributed by atoms with Crippen molar-refractivity contribution >= 4 is 5.97 Å². The fourth-order valence-electron chi connectivity index (χ4n) is 1.56. The Balaban J connectivity index is 2.38. The van der Waals surface area contributed by atoms with Gasteiger partial charge in [-0.2, -0.15) is 5.10 Å². The number of carboxylic acids is 1. The van der Waals surface area contributed by atoms with Gasteiger partial charge in [0.1, 0.15) is 11.4 Å². The molecule has 0 spiro atoms. The summed E-state index contributed by atoms with van der Waals surface area (Å²) >= 11 is 0. The van der Waals surface area contributed by atoms with Gasteiger partial charge in [-0.1, -0.05) is 0 Å². The second-order valence-corrected chi connectivity index (χ2v) is 3.54. The molecular weight excluding hydrogens is 208 g/mol. The van der Waals surface area contributed by atoms with Crippen molar-refractivity contribution in [3.63, 3.8) is 0 Å². The highest BCUT2D eigenvalue weighted by atomic mass is 16.4. The van der Waals surface area contributed by atoms with Crippen LogP contribution in [0.4, 0.5) is 0 Å². The van der Waals surface area contributed by atoms with Gasteiger partial charge in [-0.15, -0.1) is 0 Å². The molecule has 6 heteroatoms. The molecule has 0 atom stereocenters. The first kappa shape index (κ1) is 10.4. The molecule has 0 bridgehead atoms. The zero-order valence-corrected chi connectivity index (χ0v) is 9.08. The Hall–Kier alpha value is -2.11. The topological polar surface area (TPSA) is 72.9 Å². The molecule has 16 heavy (non-hydrogen) atoms. The number of carbonyl (C=O) groups is 1. The molecule has 1 N–H and O–H groups in total. The van der Waals surface area contributed by atoms with Crippen LogP contribution in [0.3, 0.4) is 0 Å². The summed E-state index contributed by atoms with van der Waals surface area (Å²) in [6.07, 6.45) is 4.87. The molecular formula is C10H12N4O2. The summed E-state index contributed by atoms with van der Waals surface area (Å²) in [7, 11) is 1.73. The van der Waals surface area contributed by atoms with Crippen LogP contribution in [-0.2, 0) is 13.6 Å². The fourth-order valence-corrected chi connectivity index (χ4v) is 1.56. The highest BCUT2D eigenvalue weighted by molar-refractivity contribution is 5.88. The summed E-state index contributed by atoms with van der Waals surface area (Å²) in [4.78, 5) is 15.1. The number of hydrogen-bond donors (Lipinski definition) is 1. The van der Waals surface area contributed by atoms with E-state index in [9.17, 15) is 4.79 Å². The van der Waals surface area contributed by atoms with Crippen molar-refractivity contribution in [3.8, 4) is 0 Å². The summed E-state index contributed by atoms with van der Waals surface area (Å²) in [6, 6.07) is 0. The van der Waals surface area contributed by atoms with Crippen LogP contribution in [0, 0.1) is 6.92 Å². The maximum atomic E-state index is 11.0. The van der Waals surface area contributed by atoms with E-state index >= 15 is 0 Å². The molecule has 0 aromatic carbocycles. The largest absolute Gasteiger partial charge is 0.478 e. The normalized spacial score (nSPS) is 10.6. The number of carboxylic acid groups (broad SMARTS) is 1. The lowest BCUT2D eigenvalue weighted by molar-refractivity contribution is 0.0695. The van der Waals surface area contributed by atoms with E-state index in [-0.39, 0.29) is 5.56 Å². The first-order valence-electron chi connectivity index (χ1n) is 4.81. The SMILES string of the molecule is Cc1nccn1Cc1c(C(=O)O)cnn1C. The summed E-state index contributed by atoms with van der Waals surface area (Å²) in [5, 5.41) is 12.9. The van der Waals surface area contributed by atoms with Crippen molar-refractivity contribution in [3.05, 3.63) is 35.7 Å². The standard InChI is InChI=1S/C10H12N4O2/c1-7-11-3-4-14(7)6-9-8(10(15)16)5-12-13(9)2/h3-5H,6H2,1-2H3,(H,15,16). The van der Waals surface area contributed by atoms with Crippen molar-refractivity contribution < 1.29 is 9.90 Å². The quantitative estimate of drug-likeness (QED) is 0.825. The van der Waals surface area contributed by atoms with Gasteiger partial charge in [0.05, 0.1) is 18.4 Å². The van der Waals surface area contributed by atoms with Crippen molar-refractivity contribution in [1.29, 1.82) is 0 Å². The van der Waals surface area contributed by atoms with Gasteiger partial charge >= 0.3 is 5.97 Å². The molecule has 2 aromatic rings. The highest BCUT2D eigenvalue weighted by Gasteiger charge is 2.15. The lowest BCUT2D eigenvalue weighted by Gasteiger charge is -2.06. The van der Waals surface area contributed by atoms with Crippen molar-refractivity contribution in [2.75, 3.05) is 0 Å². The molecule has 0 saturated carbocycles. The van der Waals surface area contributed by atoms with Crippen LogP contribution >= 0.6 is 0 Å². The summed E-state index contributed by atoms with van der Waals surface area (Å²) < 4.78 is 3.45. The van der Waals surface area contributed by atoms with Gasteiger partial charge in [-0.3, -0.25) is 4.68 Å². The van der Waals surface area contributed by atoms with Gasteiger partial charge in [0.2, 0.25) is 0 Å².